The fourth-order valence-electron chi connectivity index (χ4n) is 1.62. The Hall–Kier alpha value is 0.427. The summed E-state index contributed by atoms with van der Waals surface area (Å²) in [6.07, 6.45) is 6.97. The maximum Gasteiger partial charge on any atom is 1.00 e. The van der Waals surface area contributed by atoms with E-state index in [0.717, 1.165) is 19.3 Å². The molecule has 1 atom stereocenters. The molecule has 0 radical (unpaired) electrons. The molecular weight excluding hydrogens is 263 g/mol. The van der Waals surface area contributed by atoms with E-state index in [2.05, 4.69) is 11.1 Å². The van der Waals surface area contributed by atoms with Gasteiger partial charge in [-0.3, -0.25) is 0 Å². The Kier molecular flexibility index (Phi) is 15.3. The molecule has 0 saturated carbocycles. The van der Waals surface area contributed by atoms with Crippen LogP contribution in [0, 0.1) is 0 Å². The summed E-state index contributed by atoms with van der Waals surface area (Å²) in [6, 6.07) is 0. The number of hydrogen-bond acceptors (Lipinski definition) is 5. The van der Waals surface area contributed by atoms with Gasteiger partial charge in [-0.25, -0.2) is 12.6 Å². The normalized spacial score (nSPS) is 13.0. The smallest absolute Gasteiger partial charge is 0.725 e. The Morgan fingerprint density at radius 2 is 1.58 bits per heavy atom. The molecule has 0 aliphatic rings. The average Bonchev–Trinajstić information content (AvgIpc) is 2.26. The number of ether oxygens (including phenoxy) is 1. The van der Waals surface area contributed by atoms with Gasteiger partial charge in [0, 0.05) is 6.61 Å². The summed E-state index contributed by atoms with van der Waals surface area (Å²) in [4.78, 5) is 0. The van der Waals surface area contributed by atoms with E-state index >= 15 is 0 Å². The summed E-state index contributed by atoms with van der Waals surface area (Å²) in [6.45, 7) is 4.48. The molecule has 0 aliphatic heterocycles. The van der Waals surface area contributed by atoms with Crippen LogP contribution >= 0.6 is 0 Å². The molecule has 0 amide bonds. The second kappa shape index (κ2) is 13.4. The van der Waals surface area contributed by atoms with Crippen molar-refractivity contribution in [3.05, 3.63) is 0 Å². The van der Waals surface area contributed by atoms with Crippen molar-refractivity contribution >= 4 is 10.4 Å². The van der Waals surface area contributed by atoms with Crippen LogP contribution in [0.25, 0.3) is 0 Å². The first-order chi connectivity index (χ1) is 8.49. The van der Waals surface area contributed by atoms with Gasteiger partial charge in [-0.05, 0) is 12.8 Å². The molecule has 0 aromatic rings. The minimum absolute atomic E-state index is 0. The van der Waals surface area contributed by atoms with Crippen LogP contribution < -0.4 is 18.9 Å². The molecule has 1 unspecified atom stereocenters. The molecule has 7 heteroatoms. The Morgan fingerprint density at radius 3 is 2.11 bits per heavy atom. The zero-order valence-electron chi connectivity index (χ0n) is 12.4. The summed E-state index contributed by atoms with van der Waals surface area (Å²) in [7, 11) is -4.68. The van der Waals surface area contributed by atoms with Gasteiger partial charge in [0.2, 0.25) is 10.4 Å². The zero-order chi connectivity index (χ0) is 13.9. The number of hydrogen-bond donors (Lipinski definition) is 0. The van der Waals surface area contributed by atoms with Gasteiger partial charge in [0.05, 0.1) is 0 Å². The molecule has 110 valence electrons. The van der Waals surface area contributed by atoms with Crippen molar-refractivity contribution in [3.8, 4) is 0 Å². The van der Waals surface area contributed by atoms with Crippen molar-refractivity contribution in [1.29, 1.82) is 0 Å². The average molecular weight is 288 g/mol. The van der Waals surface area contributed by atoms with Crippen LogP contribution in [0.15, 0.2) is 0 Å². The molecule has 0 aromatic carbocycles. The quantitative estimate of drug-likeness (QED) is 0.166. The molecule has 5 nitrogen and oxygen atoms in total. The molecule has 0 heterocycles. The van der Waals surface area contributed by atoms with Gasteiger partial charge >= 0.3 is 18.9 Å². The van der Waals surface area contributed by atoms with Crippen LogP contribution in [0.3, 0.4) is 0 Å². The van der Waals surface area contributed by atoms with E-state index in [1.165, 1.54) is 19.3 Å². The van der Waals surface area contributed by atoms with Crippen molar-refractivity contribution in [2.75, 3.05) is 6.61 Å². The van der Waals surface area contributed by atoms with Gasteiger partial charge in [-0.1, -0.05) is 52.4 Å². The first-order valence-corrected chi connectivity index (χ1v) is 8.08. The second-order valence-electron chi connectivity index (χ2n) is 4.36. The third-order valence-electron chi connectivity index (χ3n) is 2.55. The Balaban J connectivity index is 0. The van der Waals surface area contributed by atoms with E-state index in [0.29, 0.717) is 19.4 Å². The Morgan fingerprint density at radius 1 is 1.00 bits per heavy atom. The standard InChI is InChI=1S/C12H26O5S.Li/c1-3-5-6-7-8-9-11-16-12(10-4-2)17-18(13,14)15;/h12H,3-11H2,1-2H3,(H,13,14,15);/q;+1/p-1. The fourth-order valence-corrected chi connectivity index (χ4v) is 2.04. The molecule has 0 N–H and O–H groups in total. The summed E-state index contributed by atoms with van der Waals surface area (Å²) >= 11 is 0. The summed E-state index contributed by atoms with van der Waals surface area (Å²) in [5, 5.41) is 0. The Labute approximate surface area is 129 Å². The molecule has 0 bridgehead atoms. The number of rotatable bonds is 12. The second-order valence-corrected chi connectivity index (χ2v) is 5.37. The Bertz CT molecular complexity index is 282. The summed E-state index contributed by atoms with van der Waals surface area (Å²) in [5.41, 5.74) is 0. The first-order valence-electron chi connectivity index (χ1n) is 6.75. The predicted octanol–water partition coefficient (Wildman–Crippen LogP) is -0.0295. The van der Waals surface area contributed by atoms with Gasteiger partial charge in [0.25, 0.3) is 0 Å². The van der Waals surface area contributed by atoms with Gasteiger partial charge in [-0.2, -0.15) is 0 Å². The van der Waals surface area contributed by atoms with E-state index in [-0.39, 0.29) is 18.9 Å². The van der Waals surface area contributed by atoms with Crippen molar-refractivity contribution in [1.82, 2.24) is 0 Å². The minimum Gasteiger partial charge on any atom is -0.725 e. The minimum atomic E-state index is -4.68. The molecular formula is C12H25LiO5S. The maximum atomic E-state index is 10.5. The van der Waals surface area contributed by atoms with Crippen LogP contribution in [0.4, 0.5) is 0 Å². The van der Waals surface area contributed by atoms with Crippen LogP contribution in [0.1, 0.15) is 65.2 Å². The molecule has 19 heavy (non-hydrogen) atoms. The van der Waals surface area contributed by atoms with Crippen LogP contribution in [0.5, 0.6) is 0 Å². The summed E-state index contributed by atoms with van der Waals surface area (Å²) < 4.78 is 41.0. The maximum absolute atomic E-state index is 10.5. The summed E-state index contributed by atoms with van der Waals surface area (Å²) in [5.74, 6) is 0. The topological polar surface area (TPSA) is 75.7 Å². The number of unbranched alkanes of at least 4 members (excludes halogenated alkanes) is 5. The fraction of sp³-hybridized carbons (Fsp3) is 1.00. The van der Waals surface area contributed by atoms with E-state index in [1.807, 2.05) is 6.92 Å². The van der Waals surface area contributed by atoms with Crippen LogP contribution in [0.2, 0.25) is 0 Å². The first kappa shape index (κ1) is 21.7. The monoisotopic (exact) mass is 288 g/mol. The SMILES string of the molecule is CCCCCCCCOC(CCC)OS(=O)(=O)[O-].[Li+]. The van der Waals surface area contributed by atoms with Gasteiger partial charge in [-0.15, -0.1) is 0 Å². The molecule has 0 rings (SSSR count). The third kappa shape index (κ3) is 16.4. The van der Waals surface area contributed by atoms with Crippen LogP contribution in [-0.4, -0.2) is 25.9 Å². The molecule has 0 spiro atoms. The largest absolute Gasteiger partial charge is 1.00 e. The van der Waals surface area contributed by atoms with E-state index in [1.54, 1.807) is 0 Å². The van der Waals surface area contributed by atoms with Gasteiger partial charge < -0.3 is 9.29 Å². The molecule has 0 aromatic heterocycles. The van der Waals surface area contributed by atoms with Crippen molar-refractivity contribution in [2.45, 2.75) is 71.5 Å². The third-order valence-corrected chi connectivity index (χ3v) is 3.00. The molecule has 0 aliphatic carbocycles. The van der Waals surface area contributed by atoms with Crippen molar-refractivity contribution in [2.24, 2.45) is 0 Å². The van der Waals surface area contributed by atoms with Crippen molar-refractivity contribution in [3.63, 3.8) is 0 Å². The van der Waals surface area contributed by atoms with E-state index in [9.17, 15) is 13.0 Å². The molecule has 0 fully saturated rings. The van der Waals surface area contributed by atoms with Gasteiger partial charge in [0.1, 0.15) is 0 Å². The van der Waals surface area contributed by atoms with Gasteiger partial charge in [0.15, 0.2) is 6.29 Å². The van der Waals surface area contributed by atoms with E-state index in [4.69, 9.17) is 4.74 Å². The van der Waals surface area contributed by atoms with Crippen molar-refractivity contribution < 1.29 is 40.8 Å². The zero-order valence-corrected chi connectivity index (χ0v) is 13.2. The molecule has 0 saturated heterocycles. The predicted molar refractivity (Wildman–Crippen MR) is 68.8 cm³/mol. The van der Waals surface area contributed by atoms with E-state index < -0.39 is 16.7 Å². The van der Waals surface area contributed by atoms with Crippen LogP contribution in [-0.2, 0) is 19.3 Å².